The number of carbonyl (C=O) groups is 1. The summed E-state index contributed by atoms with van der Waals surface area (Å²) in [5, 5.41) is 0. The molecule has 0 N–H and O–H groups in total. The number of thioether (sulfide) groups is 1. The molecule has 0 bridgehead atoms. The topological polar surface area (TPSA) is 26.3 Å². The van der Waals surface area contributed by atoms with Gasteiger partial charge in [-0.1, -0.05) is 44.7 Å². The molecule has 1 heterocycles. The lowest BCUT2D eigenvalue weighted by Gasteiger charge is -2.38. The van der Waals surface area contributed by atoms with Crippen molar-refractivity contribution in [3.05, 3.63) is 64.2 Å². The molecule has 2 aromatic carbocycles. The molecular weight excluding hydrogens is 400 g/mol. The van der Waals surface area contributed by atoms with E-state index < -0.39 is 0 Å². The molecule has 3 rings (SSSR count). The Balaban J connectivity index is 1.83. The van der Waals surface area contributed by atoms with E-state index in [0.717, 1.165) is 17.5 Å². The number of rotatable bonds is 7. The lowest BCUT2D eigenvalue weighted by Crippen LogP contribution is -2.29. The number of benzene rings is 2. The summed E-state index contributed by atoms with van der Waals surface area (Å²) < 4.78 is 5.00. The van der Waals surface area contributed by atoms with Gasteiger partial charge in [-0.3, -0.25) is 4.79 Å². The molecule has 1 aliphatic heterocycles. The quantitative estimate of drug-likeness (QED) is 0.358. The second-order valence-electron chi connectivity index (χ2n) is 8.20. The summed E-state index contributed by atoms with van der Waals surface area (Å²) in [6.07, 6.45) is 5.73. The summed E-state index contributed by atoms with van der Waals surface area (Å²) >= 11 is 2.00. The van der Waals surface area contributed by atoms with Gasteiger partial charge in [-0.2, -0.15) is 0 Å². The Morgan fingerprint density at radius 3 is 2.45 bits per heavy atom. The van der Waals surface area contributed by atoms with Gasteiger partial charge in [0.2, 0.25) is 0 Å². The van der Waals surface area contributed by atoms with E-state index in [0.29, 0.717) is 24.9 Å². The van der Waals surface area contributed by atoms with Crippen LogP contribution in [0.5, 0.6) is 0 Å². The predicted octanol–water partition coefficient (Wildman–Crippen LogP) is 6.70. The van der Waals surface area contributed by atoms with Crippen LogP contribution in [-0.2, 0) is 27.8 Å². The van der Waals surface area contributed by atoms with Crippen molar-refractivity contribution < 1.29 is 9.53 Å². The molecule has 3 heteroatoms. The summed E-state index contributed by atoms with van der Waals surface area (Å²) in [5.74, 6) is 7.91. The van der Waals surface area contributed by atoms with Gasteiger partial charge in [-0.05, 0) is 91.2 Å². The molecule has 0 saturated heterocycles. The standard InChI is InChI=1S/C28H34O2S/c1-5-23-20-26-25(28(6-2,7-3)17-18-31-26)19-24(23)15-13-21-9-11-22(12-10-21)14-16-27(29)30-8-4/h9-12,19-20H,5-8,14,16-18H2,1-4H3. The third-order valence-electron chi connectivity index (χ3n) is 6.57. The van der Waals surface area contributed by atoms with E-state index in [-0.39, 0.29) is 5.97 Å². The molecule has 0 fully saturated rings. The summed E-state index contributed by atoms with van der Waals surface area (Å²) in [6, 6.07) is 13.0. The van der Waals surface area contributed by atoms with Gasteiger partial charge in [0, 0.05) is 22.4 Å². The van der Waals surface area contributed by atoms with Crippen LogP contribution >= 0.6 is 11.8 Å². The van der Waals surface area contributed by atoms with Crippen molar-refractivity contribution in [2.45, 2.75) is 76.5 Å². The van der Waals surface area contributed by atoms with Crippen LogP contribution in [0.1, 0.15) is 81.2 Å². The highest BCUT2D eigenvalue weighted by Gasteiger charge is 2.34. The van der Waals surface area contributed by atoms with Crippen LogP contribution < -0.4 is 0 Å². The summed E-state index contributed by atoms with van der Waals surface area (Å²) in [7, 11) is 0. The molecule has 0 saturated carbocycles. The molecule has 31 heavy (non-hydrogen) atoms. The van der Waals surface area contributed by atoms with Crippen LogP contribution in [-0.4, -0.2) is 18.3 Å². The van der Waals surface area contributed by atoms with Gasteiger partial charge >= 0.3 is 5.97 Å². The molecule has 0 atom stereocenters. The Morgan fingerprint density at radius 1 is 1.06 bits per heavy atom. The summed E-state index contributed by atoms with van der Waals surface area (Å²) in [4.78, 5) is 13.0. The zero-order valence-corrected chi connectivity index (χ0v) is 20.2. The zero-order valence-electron chi connectivity index (χ0n) is 19.3. The highest BCUT2D eigenvalue weighted by atomic mass is 32.2. The Hall–Kier alpha value is -2.18. The fraction of sp³-hybridized carbons (Fsp3) is 0.464. The van der Waals surface area contributed by atoms with Crippen molar-refractivity contribution in [1.82, 2.24) is 0 Å². The molecule has 0 spiro atoms. The molecule has 0 aromatic heterocycles. The highest BCUT2D eigenvalue weighted by molar-refractivity contribution is 7.99. The van der Waals surface area contributed by atoms with E-state index in [9.17, 15) is 4.79 Å². The Kier molecular flexibility index (Phi) is 8.27. The van der Waals surface area contributed by atoms with Crippen LogP contribution in [0.25, 0.3) is 0 Å². The van der Waals surface area contributed by atoms with Crippen LogP contribution in [0, 0.1) is 11.8 Å². The summed E-state index contributed by atoms with van der Waals surface area (Å²) in [5.41, 5.74) is 6.45. The van der Waals surface area contributed by atoms with Gasteiger partial charge in [-0.15, -0.1) is 11.8 Å². The molecule has 0 aliphatic carbocycles. The highest BCUT2D eigenvalue weighted by Crippen LogP contribution is 2.46. The lowest BCUT2D eigenvalue weighted by atomic mass is 9.72. The normalized spacial score (nSPS) is 14.3. The minimum atomic E-state index is -0.140. The number of aryl methyl sites for hydroxylation is 2. The molecule has 1 aliphatic rings. The first kappa shape index (κ1) is 23.5. The predicted molar refractivity (Wildman–Crippen MR) is 131 cm³/mol. The Morgan fingerprint density at radius 2 is 1.81 bits per heavy atom. The third kappa shape index (κ3) is 5.55. The van der Waals surface area contributed by atoms with Crippen LogP contribution in [0.15, 0.2) is 41.3 Å². The van der Waals surface area contributed by atoms with Crippen molar-refractivity contribution in [3.63, 3.8) is 0 Å². The van der Waals surface area contributed by atoms with Gasteiger partial charge in [0.15, 0.2) is 0 Å². The van der Waals surface area contributed by atoms with Crippen molar-refractivity contribution in [2.24, 2.45) is 0 Å². The smallest absolute Gasteiger partial charge is 0.306 e. The van der Waals surface area contributed by atoms with Gasteiger partial charge in [-0.25, -0.2) is 0 Å². The fourth-order valence-corrected chi connectivity index (χ4v) is 5.78. The first-order valence-electron chi connectivity index (χ1n) is 11.6. The maximum atomic E-state index is 11.5. The van der Waals surface area contributed by atoms with Gasteiger partial charge in [0.05, 0.1) is 6.61 Å². The largest absolute Gasteiger partial charge is 0.466 e. The number of carbonyl (C=O) groups excluding carboxylic acids is 1. The maximum absolute atomic E-state index is 11.5. The van der Waals surface area contributed by atoms with Crippen molar-refractivity contribution in [1.29, 1.82) is 0 Å². The zero-order chi connectivity index (χ0) is 22.3. The SMILES string of the molecule is CCOC(=O)CCc1ccc(C#Cc2cc3c(cc2CC)SCCC3(CC)CC)cc1. The average molecular weight is 435 g/mol. The van der Waals surface area contributed by atoms with Crippen LogP contribution in [0.3, 0.4) is 0 Å². The minimum Gasteiger partial charge on any atom is -0.466 e. The van der Waals surface area contributed by atoms with E-state index in [1.54, 1.807) is 0 Å². The molecule has 2 aromatic rings. The molecule has 0 amide bonds. The number of fused-ring (bicyclic) bond motifs is 1. The van der Waals surface area contributed by atoms with Gasteiger partial charge in [0.25, 0.3) is 0 Å². The monoisotopic (exact) mass is 434 g/mol. The van der Waals surface area contributed by atoms with E-state index in [1.807, 2.05) is 18.7 Å². The van der Waals surface area contributed by atoms with Crippen molar-refractivity contribution in [2.75, 3.05) is 12.4 Å². The van der Waals surface area contributed by atoms with Crippen LogP contribution in [0.4, 0.5) is 0 Å². The van der Waals surface area contributed by atoms with E-state index >= 15 is 0 Å². The van der Waals surface area contributed by atoms with E-state index in [2.05, 4.69) is 69.0 Å². The Labute approximate surface area is 192 Å². The first-order chi connectivity index (χ1) is 15.0. The number of esters is 1. The first-order valence-corrected chi connectivity index (χ1v) is 12.6. The second kappa shape index (κ2) is 10.9. The average Bonchev–Trinajstić information content (AvgIpc) is 2.81. The van der Waals surface area contributed by atoms with Gasteiger partial charge in [0.1, 0.15) is 0 Å². The summed E-state index contributed by atoms with van der Waals surface area (Å²) in [6.45, 7) is 9.14. The fourth-order valence-electron chi connectivity index (χ4n) is 4.41. The molecular formula is C28H34O2S. The van der Waals surface area contributed by atoms with Gasteiger partial charge < -0.3 is 4.74 Å². The number of hydrogen-bond donors (Lipinski definition) is 0. The molecule has 2 nitrogen and oxygen atoms in total. The lowest BCUT2D eigenvalue weighted by molar-refractivity contribution is -0.143. The minimum absolute atomic E-state index is 0.140. The molecule has 0 radical (unpaired) electrons. The van der Waals surface area contributed by atoms with E-state index in [1.165, 1.54) is 46.6 Å². The third-order valence-corrected chi connectivity index (χ3v) is 7.62. The van der Waals surface area contributed by atoms with E-state index in [4.69, 9.17) is 4.74 Å². The Bertz CT molecular complexity index is 959. The number of hydrogen-bond acceptors (Lipinski definition) is 3. The number of ether oxygens (including phenoxy) is 1. The maximum Gasteiger partial charge on any atom is 0.306 e. The van der Waals surface area contributed by atoms with Crippen LogP contribution in [0.2, 0.25) is 0 Å². The van der Waals surface area contributed by atoms with Crippen molar-refractivity contribution >= 4 is 17.7 Å². The molecule has 164 valence electrons. The molecule has 0 unspecified atom stereocenters. The second-order valence-corrected chi connectivity index (χ2v) is 9.33. The van der Waals surface area contributed by atoms with Crippen molar-refractivity contribution in [3.8, 4) is 11.8 Å².